The van der Waals surface area contributed by atoms with Crippen LogP contribution in [0.3, 0.4) is 0 Å². The number of hydrogen-bond donors (Lipinski definition) is 3. The molecule has 0 saturated carbocycles. The second-order valence-corrected chi connectivity index (χ2v) is 5.04. The van der Waals surface area contributed by atoms with E-state index in [1.165, 1.54) is 12.5 Å². The monoisotopic (exact) mass is 307 g/mol. The van der Waals surface area contributed by atoms with Crippen LogP contribution in [0.15, 0.2) is 30.7 Å². The Bertz CT molecular complexity index is 655. The number of carboxylic acids is 1. The third-order valence-corrected chi connectivity index (χ3v) is 3.26. The van der Waals surface area contributed by atoms with Crippen LogP contribution in [-0.4, -0.2) is 33.0 Å². The lowest BCUT2D eigenvalue weighted by Crippen LogP contribution is -2.42. The number of carbonyl (C=O) groups is 2. The Labute approximate surface area is 126 Å². The molecule has 7 heteroatoms. The summed E-state index contributed by atoms with van der Waals surface area (Å²) in [7, 11) is 0. The molecule has 6 nitrogen and oxygen atoms in total. The Balaban J connectivity index is 2.12. The minimum absolute atomic E-state index is 0.116. The molecule has 21 heavy (non-hydrogen) atoms. The second-order valence-electron chi connectivity index (χ2n) is 4.63. The van der Waals surface area contributed by atoms with Crippen LogP contribution in [0.1, 0.15) is 21.6 Å². The highest BCUT2D eigenvalue weighted by Crippen LogP contribution is 2.17. The number of amides is 1. The van der Waals surface area contributed by atoms with E-state index in [-0.39, 0.29) is 17.0 Å². The van der Waals surface area contributed by atoms with Gasteiger partial charge in [0.05, 0.1) is 16.9 Å². The lowest BCUT2D eigenvalue weighted by molar-refractivity contribution is -0.139. The van der Waals surface area contributed by atoms with Gasteiger partial charge in [-0.3, -0.25) is 4.79 Å². The summed E-state index contributed by atoms with van der Waals surface area (Å²) in [5.41, 5.74) is 1.79. The highest BCUT2D eigenvalue weighted by atomic mass is 35.5. The number of rotatable bonds is 5. The average molecular weight is 308 g/mol. The molecule has 2 rings (SSSR count). The minimum atomic E-state index is -1.12. The van der Waals surface area contributed by atoms with E-state index >= 15 is 0 Å². The smallest absolute Gasteiger partial charge is 0.326 e. The summed E-state index contributed by atoms with van der Waals surface area (Å²) in [6.07, 6.45) is 3.08. The van der Waals surface area contributed by atoms with E-state index in [2.05, 4.69) is 15.3 Å². The molecule has 2 aromatic rings. The molecule has 110 valence electrons. The van der Waals surface area contributed by atoms with Gasteiger partial charge in [-0.2, -0.15) is 0 Å². The molecular weight excluding hydrogens is 294 g/mol. The fourth-order valence-corrected chi connectivity index (χ4v) is 2.18. The third kappa shape index (κ3) is 3.82. The van der Waals surface area contributed by atoms with Gasteiger partial charge < -0.3 is 15.4 Å². The summed E-state index contributed by atoms with van der Waals surface area (Å²) in [5, 5.41) is 11.9. The minimum Gasteiger partial charge on any atom is -0.480 e. The van der Waals surface area contributed by atoms with Crippen LogP contribution in [0.5, 0.6) is 0 Å². The molecule has 1 atom stereocenters. The van der Waals surface area contributed by atoms with Gasteiger partial charge in [0, 0.05) is 18.3 Å². The number of aryl methyl sites for hydroxylation is 1. The van der Waals surface area contributed by atoms with Crippen molar-refractivity contribution in [1.82, 2.24) is 15.3 Å². The second kappa shape index (κ2) is 6.41. The Kier molecular flexibility index (Phi) is 4.59. The van der Waals surface area contributed by atoms with Crippen molar-refractivity contribution in [1.29, 1.82) is 0 Å². The summed E-state index contributed by atoms with van der Waals surface area (Å²) in [6.45, 7) is 1.85. The molecule has 0 aliphatic heterocycles. The number of carbonyl (C=O) groups excluding carboxylic acids is 1. The number of H-pyrrole nitrogens is 1. The van der Waals surface area contributed by atoms with Gasteiger partial charge in [0.1, 0.15) is 6.04 Å². The van der Waals surface area contributed by atoms with Crippen molar-refractivity contribution in [3.05, 3.63) is 52.6 Å². The Hall–Kier alpha value is -2.34. The number of aliphatic carboxylic acids is 1. The van der Waals surface area contributed by atoms with E-state index < -0.39 is 17.9 Å². The van der Waals surface area contributed by atoms with Crippen LogP contribution >= 0.6 is 11.6 Å². The van der Waals surface area contributed by atoms with Gasteiger partial charge in [-0.25, -0.2) is 9.78 Å². The molecule has 0 bridgehead atoms. The molecule has 0 radical (unpaired) electrons. The van der Waals surface area contributed by atoms with Gasteiger partial charge in [0.15, 0.2) is 0 Å². The Morgan fingerprint density at radius 2 is 2.24 bits per heavy atom. The third-order valence-electron chi connectivity index (χ3n) is 2.95. The molecular formula is C14H14ClN3O3. The molecule has 1 amide bonds. The van der Waals surface area contributed by atoms with Crippen molar-refractivity contribution < 1.29 is 14.7 Å². The number of aromatic amines is 1. The first-order chi connectivity index (χ1) is 9.97. The first kappa shape index (κ1) is 15.1. The number of carboxylic acid groups (broad SMARTS) is 1. The van der Waals surface area contributed by atoms with Crippen molar-refractivity contribution in [3.8, 4) is 0 Å². The molecule has 3 N–H and O–H groups in total. The van der Waals surface area contributed by atoms with Crippen molar-refractivity contribution in [2.45, 2.75) is 19.4 Å². The van der Waals surface area contributed by atoms with Crippen molar-refractivity contribution in [3.63, 3.8) is 0 Å². The predicted molar refractivity (Wildman–Crippen MR) is 77.4 cm³/mol. The SMILES string of the molecule is Cc1ccc(C(=O)NC(Cc2cnc[nH]2)C(=O)O)c(Cl)c1. The summed E-state index contributed by atoms with van der Waals surface area (Å²) >= 11 is 6.01. The molecule has 1 aromatic carbocycles. The van der Waals surface area contributed by atoms with Gasteiger partial charge in [0.2, 0.25) is 0 Å². The van der Waals surface area contributed by atoms with Crippen LogP contribution < -0.4 is 5.32 Å². The zero-order valence-electron chi connectivity index (χ0n) is 11.3. The van der Waals surface area contributed by atoms with Crippen molar-refractivity contribution in [2.75, 3.05) is 0 Å². The molecule has 1 aromatic heterocycles. The lowest BCUT2D eigenvalue weighted by atomic mass is 10.1. The number of benzene rings is 1. The molecule has 0 saturated heterocycles. The number of imidazole rings is 1. The Morgan fingerprint density at radius 3 is 2.81 bits per heavy atom. The largest absolute Gasteiger partial charge is 0.480 e. The maximum atomic E-state index is 12.1. The normalized spacial score (nSPS) is 11.9. The summed E-state index contributed by atoms with van der Waals surface area (Å²) < 4.78 is 0. The summed E-state index contributed by atoms with van der Waals surface area (Å²) in [4.78, 5) is 30.0. The van der Waals surface area contributed by atoms with E-state index in [1.54, 1.807) is 18.2 Å². The lowest BCUT2D eigenvalue weighted by Gasteiger charge is -2.14. The zero-order chi connectivity index (χ0) is 15.4. The fourth-order valence-electron chi connectivity index (χ4n) is 1.86. The molecule has 1 unspecified atom stereocenters. The average Bonchev–Trinajstić information content (AvgIpc) is 2.90. The maximum Gasteiger partial charge on any atom is 0.326 e. The molecule has 0 fully saturated rings. The van der Waals surface area contributed by atoms with E-state index in [0.717, 1.165) is 5.56 Å². The highest BCUT2D eigenvalue weighted by Gasteiger charge is 2.22. The molecule has 1 heterocycles. The van der Waals surface area contributed by atoms with Crippen LogP contribution in [-0.2, 0) is 11.2 Å². The van der Waals surface area contributed by atoms with Crippen LogP contribution in [0.2, 0.25) is 5.02 Å². The van der Waals surface area contributed by atoms with Gasteiger partial charge in [-0.05, 0) is 24.6 Å². The number of aromatic nitrogens is 2. The van der Waals surface area contributed by atoms with E-state index in [1.807, 2.05) is 6.92 Å². The van der Waals surface area contributed by atoms with E-state index in [0.29, 0.717) is 5.69 Å². The van der Waals surface area contributed by atoms with Crippen molar-refractivity contribution in [2.24, 2.45) is 0 Å². The first-order valence-corrected chi connectivity index (χ1v) is 6.62. The van der Waals surface area contributed by atoms with Gasteiger partial charge in [-0.15, -0.1) is 0 Å². The maximum absolute atomic E-state index is 12.1. The number of hydrogen-bond acceptors (Lipinski definition) is 3. The van der Waals surface area contributed by atoms with Crippen LogP contribution in [0, 0.1) is 6.92 Å². The number of halogens is 1. The first-order valence-electron chi connectivity index (χ1n) is 6.24. The Morgan fingerprint density at radius 1 is 1.48 bits per heavy atom. The predicted octanol–water partition coefficient (Wildman–Crippen LogP) is 1.80. The van der Waals surface area contributed by atoms with Gasteiger partial charge >= 0.3 is 5.97 Å². The molecule has 0 aliphatic carbocycles. The summed E-state index contributed by atoms with van der Waals surface area (Å²) in [6, 6.07) is 3.91. The van der Waals surface area contributed by atoms with Crippen LogP contribution in [0.4, 0.5) is 0 Å². The quantitative estimate of drug-likeness (QED) is 0.785. The zero-order valence-corrected chi connectivity index (χ0v) is 12.0. The highest BCUT2D eigenvalue weighted by molar-refractivity contribution is 6.33. The van der Waals surface area contributed by atoms with Crippen LogP contribution in [0.25, 0.3) is 0 Å². The number of nitrogens with zero attached hydrogens (tertiary/aromatic N) is 1. The topological polar surface area (TPSA) is 95.1 Å². The van der Waals surface area contributed by atoms with E-state index in [4.69, 9.17) is 11.6 Å². The number of nitrogens with one attached hydrogen (secondary N) is 2. The van der Waals surface area contributed by atoms with Gasteiger partial charge in [-0.1, -0.05) is 17.7 Å². The summed E-state index contributed by atoms with van der Waals surface area (Å²) in [5.74, 6) is -1.65. The van der Waals surface area contributed by atoms with Gasteiger partial charge in [0.25, 0.3) is 5.91 Å². The molecule has 0 aliphatic rings. The fraction of sp³-hybridized carbons (Fsp3) is 0.214. The molecule has 0 spiro atoms. The standard InChI is InChI=1S/C14H14ClN3O3/c1-8-2-3-10(11(15)4-8)13(19)18-12(14(20)21)5-9-6-16-7-17-9/h2-4,6-7,12H,5H2,1H3,(H,16,17)(H,18,19)(H,20,21). The van der Waals surface area contributed by atoms with E-state index in [9.17, 15) is 14.7 Å². The van der Waals surface area contributed by atoms with Crippen molar-refractivity contribution >= 4 is 23.5 Å².